The van der Waals surface area contributed by atoms with E-state index in [4.69, 9.17) is 15.2 Å². The first-order valence-corrected chi connectivity index (χ1v) is 6.80. The lowest BCUT2D eigenvalue weighted by molar-refractivity contribution is -0.0833. The number of nitrogens with two attached hydrogens (primary N) is 1. The summed E-state index contributed by atoms with van der Waals surface area (Å²) in [5.41, 5.74) is 7.16. The van der Waals surface area contributed by atoms with Crippen LogP contribution in [-0.2, 0) is 4.74 Å². The van der Waals surface area contributed by atoms with E-state index in [2.05, 4.69) is 22.0 Å². The average Bonchev–Trinajstić information content (AvgIpc) is 2.31. The summed E-state index contributed by atoms with van der Waals surface area (Å²) in [4.78, 5) is 0. The summed E-state index contributed by atoms with van der Waals surface area (Å²) in [6.07, 6.45) is 2.94. The minimum absolute atomic E-state index is 0.0398. The molecule has 2 heterocycles. The van der Waals surface area contributed by atoms with Crippen molar-refractivity contribution in [1.29, 1.82) is 0 Å². The molecule has 0 amide bonds. The second-order valence-corrected chi connectivity index (χ2v) is 5.85. The summed E-state index contributed by atoms with van der Waals surface area (Å²) in [6, 6.07) is 6.08. The van der Waals surface area contributed by atoms with E-state index in [1.807, 2.05) is 12.1 Å². The van der Waals surface area contributed by atoms with Crippen LogP contribution < -0.4 is 10.5 Å². The zero-order valence-corrected chi connectivity index (χ0v) is 11.2. The van der Waals surface area contributed by atoms with Crippen LogP contribution in [0.25, 0.3) is 0 Å². The molecule has 2 atom stereocenters. The maximum absolute atomic E-state index is 6.26. The fraction of sp³-hybridized carbons (Fsp3) is 0.538. The third-order valence-electron chi connectivity index (χ3n) is 3.58. The predicted octanol–water partition coefficient (Wildman–Crippen LogP) is 2.78. The Morgan fingerprint density at radius 2 is 2.29 bits per heavy atom. The molecule has 0 aromatic heterocycles. The maximum Gasteiger partial charge on any atom is 0.134 e. The van der Waals surface area contributed by atoms with Gasteiger partial charge >= 0.3 is 0 Å². The summed E-state index contributed by atoms with van der Waals surface area (Å²) >= 11 is 3.47. The Bertz CT molecular complexity index is 429. The molecule has 0 unspecified atom stereocenters. The summed E-state index contributed by atoms with van der Waals surface area (Å²) in [5, 5.41) is 0. The highest BCUT2D eigenvalue weighted by molar-refractivity contribution is 9.10. The number of benzene rings is 1. The van der Waals surface area contributed by atoms with Crippen LogP contribution in [-0.4, -0.2) is 18.8 Å². The van der Waals surface area contributed by atoms with Gasteiger partial charge in [0.05, 0.1) is 6.61 Å². The molecule has 92 valence electrons. The normalized spacial score (nSPS) is 32.0. The number of halogens is 1. The van der Waals surface area contributed by atoms with E-state index in [9.17, 15) is 0 Å². The molecule has 2 N–H and O–H groups in total. The van der Waals surface area contributed by atoms with Crippen LogP contribution in [0.4, 0.5) is 0 Å². The summed E-state index contributed by atoms with van der Waals surface area (Å²) in [6.45, 7) is 1.50. The van der Waals surface area contributed by atoms with Crippen LogP contribution in [0, 0.1) is 0 Å². The first kappa shape index (κ1) is 11.5. The third kappa shape index (κ3) is 2.09. The molecule has 2 aliphatic heterocycles. The van der Waals surface area contributed by atoms with Crippen molar-refractivity contribution in [2.45, 2.75) is 30.9 Å². The first-order chi connectivity index (χ1) is 8.19. The van der Waals surface area contributed by atoms with E-state index in [0.29, 0.717) is 6.61 Å². The molecule has 4 heteroatoms. The van der Waals surface area contributed by atoms with Gasteiger partial charge in [-0.3, -0.25) is 0 Å². The van der Waals surface area contributed by atoms with Crippen molar-refractivity contribution < 1.29 is 9.47 Å². The van der Waals surface area contributed by atoms with Crippen molar-refractivity contribution in [3.05, 3.63) is 28.2 Å². The average molecular weight is 298 g/mol. The largest absolute Gasteiger partial charge is 0.484 e. The maximum atomic E-state index is 6.26. The first-order valence-electron chi connectivity index (χ1n) is 6.00. The van der Waals surface area contributed by atoms with Crippen LogP contribution >= 0.6 is 15.9 Å². The number of rotatable bonds is 0. The Labute approximate surface area is 109 Å². The van der Waals surface area contributed by atoms with E-state index >= 15 is 0 Å². The second kappa shape index (κ2) is 4.26. The summed E-state index contributed by atoms with van der Waals surface area (Å²) in [5.74, 6) is 0.914. The molecule has 0 saturated carbocycles. The second-order valence-electron chi connectivity index (χ2n) is 4.93. The standard InChI is InChI=1S/C13H16BrNO2/c14-9-2-3-12-10(6-9)11(15)7-13(17-12)4-1-5-16-8-13/h2-3,6,11H,1,4-5,7-8,15H2/t11-,13+/m1/s1. The predicted molar refractivity (Wildman–Crippen MR) is 69.1 cm³/mol. The highest BCUT2D eigenvalue weighted by atomic mass is 79.9. The van der Waals surface area contributed by atoms with Gasteiger partial charge in [0, 0.05) is 29.1 Å². The Morgan fingerprint density at radius 1 is 1.41 bits per heavy atom. The smallest absolute Gasteiger partial charge is 0.134 e. The lowest BCUT2D eigenvalue weighted by atomic mass is 9.84. The SMILES string of the molecule is N[C@@H]1C[C@]2(CCCOC2)Oc2ccc(Br)cc21. The van der Waals surface area contributed by atoms with Gasteiger partial charge in [-0.2, -0.15) is 0 Å². The monoisotopic (exact) mass is 297 g/mol. The van der Waals surface area contributed by atoms with Crippen molar-refractivity contribution >= 4 is 15.9 Å². The van der Waals surface area contributed by atoms with Gasteiger partial charge in [-0.1, -0.05) is 15.9 Å². The van der Waals surface area contributed by atoms with Gasteiger partial charge in [0.2, 0.25) is 0 Å². The fourth-order valence-electron chi connectivity index (χ4n) is 2.76. The molecule has 1 saturated heterocycles. The van der Waals surface area contributed by atoms with E-state index in [1.165, 1.54) is 0 Å². The van der Waals surface area contributed by atoms with Gasteiger partial charge in [0.15, 0.2) is 0 Å². The third-order valence-corrected chi connectivity index (χ3v) is 4.07. The Balaban J connectivity index is 1.94. The van der Waals surface area contributed by atoms with Crippen molar-refractivity contribution in [3.8, 4) is 5.75 Å². The van der Waals surface area contributed by atoms with E-state index < -0.39 is 0 Å². The molecule has 0 radical (unpaired) electrons. The molecule has 0 aliphatic carbocycles. The van der Waals surface area contributed by atoms with Gasteiger partial charge in [-0.05, 0) is 31.0 Å². The van der Waals surface area contributed by atoms with Crippen molar-refractivity contribution in [3.63, 3.8) is 0 Å². The molecule has 0 bridgehead atoms. The molecular weight excluding hydrogens is 282 g/mol. The van der Waals surface area contributed by atoms with Gasteiger partial charge in [0.1, 0.15) is 11.4 Å². The van der Waals surface area contributed by atoms with Crippen LogP contribution in [0.3, 0.4) is 0 Å². The molecule has 1 aromatic rings. The lowest BCUT2D eigenvalue weighted by Crippen LogP contribution is -2.49. The molecule has 1 fully saturated rings. The van der Waals surface area contributed by atoms with Crippen LogP contribution in [0.2, 0.25) is 0 Å². The molecule has 1 aromatic carbocycles. The molecule has 3 rings (SSSR count). The van der Waals surface area contributed by atoms with Gasteiger partial charge < -0.3 is 15.2 Å². The number of ether oxygens (including phenoxy) is 2. The van der Waals surface area contributed by atoms with E-state index in [-0.39, 0.29) is 11.6 Å². The zero-order valence-electron chi connectivity index (χ0n) is 9.62. The highest BCUT2D eigenvalue weighted by Crippen LogP contribution is 2.42. The topological polar surface area (TPSA) is 44.5 Å². The van der Waals surface area contributed by atoms with Crippen LogP contribution in [0.15, 0.2) is 22.7 Å². The van der Waals surface area contributed by atoms with Crippen molar-refractivity contribution in [2.24, 2.45) is 5.73 Å². The summed E-state index contributed by atoms with van der Waals surface area (Å²) in [7, 11) is 0. The molecule has 17 heavy (non-hydrogen) atoms. The number of fused-ring (bicyclic) bond motifs is 1. The molecule has 2 aliphatic rings. The minimum atomic E-state index is -0.196. The highest BCUT2D eigenvalue weighted by Gasteiger charge is 2.41. The van der Waals surface area contributed by atoms with Crippen molar-refractivity contribution in [2.75, 3.05) is 13.2 Å². The van der Waals surface area contributed by atoms with Crippen LogP contribution in [0.1, 0.15) is 30.9 Å². The quantitative estimate of drug-likeness (QED) is 0.801. The van der Waals surface area contributed by atoms with Gasteiger partial charge in [0.25, 0.3) is 0 Å². The number of hydrogen-bond donors (Lipinski definition) is 1. The Hall–Kier alpha value is -0.580. The Morgan fingerprint density at radius 3 is 3.06 bits per heavy atom. The molecule has 3 nitrogen and oxygen atoms in total. The zero-order chi connectivity index (χ0) is 11.9. The summed E-state index contributed by atoms with van der Waals surface area (Å²) < 4.78 is 12.8. The number of hydrogen-bond acceptors (Lipinski definition) is 3. The fourth-order valence-corrected chi connectivity index (χ4v) is 3.13. The lowest BCUT2D eigenvalue weighted by Gasteiger charge is -2.43. The molecule has 1 spiro atoms. The van der Waals surface area contributed by atoms with E-state index in [0.717, 1.165) is 41.7 Å². The van der Waals surface area contributed by atoms with Gasteiger partial charge in [-0.25, -0.2) is 0 Å². The Kier molecular flexibility index (Phi) is 2.89. The van der Waals surface area contributed by atoms with Gasteiger partial charge in [-0.15, -0.1) is 0 Å². The molecular formula is C13H16BrNO2. The van der Waals surface area contributed by atoms with Crippen molar-refractivity contribution in [1.82, 2.24) is 0 Å². The minimum Gasteiger partial charge on any atom is -0.484 e. The van der Waals surface area contributed by atoms with E-state index in [1.54, 1.807) is 0 Å². The van der Waals surface area contributed by atoms with Crippen LogP contribution in [0.5, 0.6) is 5.75 Å².